The minimum Gasteiger partial charge on any atom is -0.372 e. The lowest BCUT2D eigenvalue weighted by atomic mass is 9.85. The number of anilines is 1. The Morgan fingerprint density at radius 3 is 2.50 bits per heavy atom. The van der Waals surface area contributed by atoms with Crippen LogP contribution in [0.3, 0.4) is 0 Å². The number of fused-ring (bicyclic) bond motifs is 1. The molecule has 0 unspecified atom stereocenters. The number of nitrogens with one attached hydrogen (secondary N) is 1. The molecule has 0 bridgehead atoms. The van der Waals surface area contributed by atoms with E-state index in [0.29, 0.717) is 6.04 Å². The summed E-state index contributed by atoms with van der Waals surface area (Å²) < 4.78 is 2.38. The normalized spacial score (nSPS) is 24.2. The largest absolute Gasteiger partial charge is 0.372 e. The minimum absolute atomic E-state index is 0.593. The van der Waals surface area contributed by atoms with Crippen molar-refractivity contribution in [1.82, 2.24) is 19.4 Å². The van der Waals surface area contributed by atoms with Crippen LogP contribution in [0.5, 0.6) is 0 Å². The summed E-state index contributed by atoms with van der Waals surface area (Å²) >= 11 is 2.09. The van der Waals surface area contributed by atoms with Crippen molar-refractivity contribution >= 4 is 28.6 Å². The summed E-state index contributed by atoms with van der Waals surface area (Å²) in [6.07, 6.45) is 6.44. The molecule has 0 atom stereocenters. The molecule has 2 fully saturated rings. The quantitative estimate of drug-likeness (QED) is 0.920. The highest BCUT2D eigenvalue weighted by atomic mass is 32.2. The fraction of sp³-hybridized carbons (Fsp3) is 0.667. The molecule has 4 rings (SSSR count). The van der Waals surface area contributed by atoms with Crippen molar-refractivity contribution in [3.63, 3.8) is 0 Å². The second-order valence-corrected chi connectivity index (χ2v) is 7.54. The summed E-state index contributed by atoms with van der Waals surface area (Å²) in [7, 11) is 1.92. The number of aryl methyl sites for hydroxylation is 1. The average Bonchev–Trinajstić information content (AvgIpc) is 2.93. The van der Waals surface area contributed by atoms with E-state index in [2.05, 4.69) is 49.6 Å². The van der Waals surface area contributed by atoms with Gasteiger partial charge in [0, 0.05) is 49.9 Å². The van der Waals surface area contributed by atoms with Crippen molar-refractivity contribution in [2.45, 2.75) is 45.7 Å². The minimum atomic E-state index is 0.593. The Morgan fingerprint density at radius 2 is 1.83 bits per heavy atom. The van der Waals surface area contributed by atoms with Gasteiger partial charge in [-0.25, -0.2) is 9.97 Å². The average molecular weight is 348 g/mol. The Morgan fingerprint density at radius 1 is 1.12 bits per heavy atom. The Balaban J connectivity index is 0.000000815. The molecule has 1 aliphatic carbocycles. The van der Waals surface area contributed by atoms with Gasteiger partial charge in [0.15, 0.2) is 0 Å². The molecule has 132 valence electrons. The molecule has 0 amide bonds. The molecule has 6 heteroatoms. The Hall–Kier alpha value is -1.27. The van der Waals surface area contributed by atoms with Crippen LogP contribution >= 0.6 is 11.8 Å². The molecule has 2 aliphatic rings. The summed E-state index contributed by atoms with van der Waals surface area (Å²) in [4.78, 5) is 11.6. The number of nitrogens with zero attached hydrogens (tertiary/aromatic N) is 4. The second kappa shape index (κ2) is 7.74. The smallest absolute Gasteiger partial charge is 0.145 e. The maximum absolute atomic E-state index is 4.55. The zero-order valence-corrected chi connectivity index (χ0v) is 16.1. The highest BCUT2D eigenvalue weighted by Gasteiger charge is 2.36. The molecular formula is C18H29N5S. The van der Waals surface area contributed by atoms with E-state index in [1.807, 2.05) is 20.9 Å². The van der Waals surface area contributed by atoms with Crippen LogP contribution < -0.4 is 5.32 Å². The van der Waals surface area contributed by atoms with Gasteiger partial charge in [0.2, 0.25) is 0 Å². The lowest BCUT2D eigenvalue weighted by Crippen LogP contribution is -2.48. The van der Waals surface area contributed by atoms with Gasteiger partial charge in [0.05, 0.1) is 5.39 Å². The number of hydrogen-bond donors (Lipinski definition) is 1. The van der Waals surface area contributed by atoms with Crippen LogP contribution in [0, 0.1) is 6.92 Å². The number of aromatic nitrogens is 3. The van der Waals surface area contributed by atoms with Crippen LogP contribution in [0.25, 0.3) is 11.0 Å². The van der Waals surface area contributed by atoms with Crippen molar-refractivity contribution < 1.29 is 0 Å². The molecule has 2 aromatic rings. The summed E-state index contributed by atoms with van der Waals surface area (Å²) in [6, 6.07) is 1.37. The monoisotopic (exact) mass is 347 g/mol. The van der Waals surface area contributed by atoms with E-state index in [-0.39, 0.29) is 0 Å². The van der Waals surface area contributed by atoms with Crippen LogP contribution in [0.1, 0.15) is 38.3 Å². The van der Waals surface area contributed by atoms with Gasteiger partial charge in [-0.15, -0.1) is 0 Å². The van der Waals surface area contributed by atoms with Crippen LogP contribution in [0.2, 0.25) is 0 Å². The lowest BCUT2D eigenvalue weighted by Gasteiger charge is -2.45. The summed E-state index contributed by atoms with van der Waals surface area (Å²) in [5.74, 6) is 3.53. The van der Waals surface area contributed by atoms with Gasteiger partial charge in [-0.3, -0.25) is 4.90 Å². The molecule has 0 aromatic carbocycles. The van der Waals surface area contributed by atoms with Gasteiger partial charge in [-0.1, -0.05) is 13.8 Å². The molecule has 1 saturated heterocycles. The Labute approximate surface area is 149 Å². The molecule has 1 aliphatic heterocycles. The maximum atomic E-state index is 4.55. The van der Waals surface area contributed by atoms with Gasteiger partial charge < -0.3 is 9.88 Å². The number of thioether (sulfide) groups is 1. The standard InChI is InChI=1S/C16H23N5S.C2H6/c1-11-9-21(16-14(11)15(17-2)18-10-19-16)13-7-12(8-13)20-3-5-22-6-4-20;1-2/h9-10,12-13H,3-8H2,1-2H3,(H,17,18,19);1-2H3. The van der Waals surface area contributed by atoms with E-state index in [0.717, 1.165) is 17.5 Å². The molecule has 2 aromatic heterocycles. The number of hydrogen-bond acceptors (Lipinski definition) is 5. The van der Waals surface area contributed by atoms with E-state index < -0.39 is 0 Å². The Kier molecular flexibility index (Phi) is 5.66. The predicted molar refractivity (Wildman–Crippen MR) is 104 cm³/mol. The number of rotatable bonds is 3. The maximum Gasteiger partial charge on any atom is 0.145 e. The van der Waals surface area contributed by atoms with E-state index in [1.165, 1.54) is 48.4 Å². The Bertz CT molecular complexity index is 671. The van der Waals surface area contributed by atoms with Gasteiger partial charge in [-0.05, 0) is 25.3 Å². The van der Waals surface area contributed by atoms with E-state index in [4.69, 9.17) is 0 Å². The second-order valence-electron chi connectivity index (χ2n) is 6.32. The van der Waals surface area contributed by atoms with Gasteiger partial charge >= 0.3 is 0 Å². The lowest BCUT2D eigenvalue weighted by molar-refractivity contribution is 0.0938. The first-order valence-corrected chi connectivity index (χ1v) is 10.2. The molecular weight excluding hydrogens is 318 g/mol. The van der Waals surface area contributed by atoms with Crippen molar-refractivity contribution in [2.75, 3.05) is 37.0 Å². The van der Waals surface area contributed by atoms with Crippen LogP contribution in [-0.2, 0) is 0 Å². The SMILES string of the molecule is CC.CNc1ncnc2c1c(C)cn2C1CC(N2CCSCC2)C1. The van der Waals surface area contributed by atoms with E-state index in [9.17, 15) is 0 Å². The van der Waals surface area contributed by atoms with Crippen molar-refractivity contribution in [3.8, 4) is 0 Å². The van der Waals surface area contributed by atoms with Crippen molar-refractivity contribution in [2.24, 2.45) is 0 Å². The summed E-state index contributed by atoms with van der Waals surface area (Å²) in [5.41, 5.74) is 2.34. The van der Waals surface area contributed by atoms with Crippen LogP contribution in [0.15, 0.2) is 12.5 Å². The summed E-state index contributed by atoms with van der Waals surface area (Å²) in [6.45, 7) is 8.68. The van der Waals surface area contributed by atoms with E-state index in [1.54, 1.807) is 6.33 Å². The zero-order chi connectivity index (χ0) is 17.1. The van der Waals surface area contributed by atoms with Gasteiger partial charge in [0.25, 0.3) is 0 Å². The van der Waals surface area contributed by atoms with Gasteiger partial charge in [-0.2, -0.15) is 11.8 Å². The zero-order valence-electron chi connectivity index (χ0n) is 15.2. The van der Waals surface area contributed by atoms with E-state index >= 15 is 0 Å². The van der Waals surface area contributed by atoms with Crippen molar-refractivity contribution in [1.29, 1.82) is 0 Å². The fourth-order valence-corrected chi connectivity index (χ4v) is 4.70. The van der Waals surface area contributed by atoms with Crippen LogP contribution in [0.4, 0.5) is 5.82 Å². The third kappa shape index (κ3) is 3.14. The first kappa shape index (κ1) is 17.5. The predicted octanol–water partition coefficient (Wildman–Crippen LogP) is 3.56. The first-order valence-electron chi connectivity index (χ1n) is 9.09. The highest BCUT2D eigenvalue weighted by Crippen LogP contribution is 2.39. The van der Waals surface area contributed by atoms with Crippen LogP contribution in [-0.4, -0.2) is 57.1 Å². The fourth-order valence-electron chi connectivity index (χ4n) is 3.76. The van der Waals surface area contributed by atoms with Gasteiger partial charge in [0.1, 0.15) is 17.8 Å². The molecule has 5 nitrogen and oxygen atoms in total. The molecule has 3 heterocycles. The molecule has 0 radical (unpaired) electrons. The molecule has 0 spiro atoms. The third-order valence-corrected chi connectivity index (χ3v) is 6.02. The summed E-state index contributed by atoms with van der Waals surface area (Å²) in [5, 5.41) is 4.35. The topological polar surface area (TPSA) is 46.0 Å². The van der Waals surface area contributed by atoms with Crippen molar-refractivity contribution in [3.05, 3.63) is 18.1 Å². The molecule has 1 N–H and O–H groups in total. The highest BCUT2D eigenvalue weighted by molar-refractivity contribution is 7.99. The molecule has 1 saturated carbocycles. The first-order chi connectivity index (χ1) is 11.8. The molecule has 24 heavy (non-hydrogen) atoms. The third-order valence-electron chi connectivity index (χ3n) is 5.08.